The van der Waals surface area contributed by atoms with Crippen molar-refractivity contribution >= 4 is 11.9 Å². The van der Waals surface area contributed by atoms with Crippen molar-refractivity contribution in [2.75, 3.05) is 31.6 Å². The predicted octanol–water partition coefficient (Wildman–Crippen LogP) is 1.31. The maximum Gasteiger partial charge on any atom is 0.274 e. The van der Waals surface area contributed by atoms with Crippen molar-refractivity contribution in [1.82, 2.24) is 24.8 Å². The molecule has 2 saturated heterocycles. The van der Waals surface area contributed by atoms with Crippen LogP contribution in [0.15, 0.2) is 31.0 Å². The topological polar surface area (TPSA) is 93.1 Å². The molecule has 4 rings (SSSR count). The number of amides is 1. The highest BCUT2D eigenvalue weighted by Crippen LogP contribution is 2.42. The molecule has 0 bridgehead atoms. The number of likely N-dealkylation sites (tertiary alicyclic amines) is 1. The summed E-state index contributed by atoms with van der Waals surface area (Å²) < 4.78 is 6.03. The highest BCUT2D eigenvalue weighted by molar-refractivity contribution is 5.92. The minimum absolute atomic E-state index is 0.0795. The number of nitrogens with zero attached hydrogens (tertiary/aromatic N) is 5. The average Bonchev–Trinajstić information content (AvgIpc) is 3.06. The summed E-state index contributed by atoms with van der Waals surface area (Å²) in [5.74, 6) is 0.993. The summed E-state index contributed by atoms with van der Waals surface area (Å²) in [7, 11) is 0. The van der Waals surface area contributed by atoms with Gasteiger partial charge in [0.2, 0.25) is 5.95 Å². The van der Waals surface area contributed by atoms with Gasteiger partial charge in [0, 0.05) is 37.9 Å². The summed E-state index contributed by atoms with van der Waals surface area (Å²) in [6, 6.07) is 0. The van der Waals surface area contributed by atoms with E-state index in [1.807, 2.05) is 6.92 Å². The molecule has 4 heterocycles. The molecule has 136 valence electrons. The molecule has 1 spiro atoms. The van der Waals surface area contributed by atoms with Crippen LogP contribution in [0.4, 0.5) is 5.95 Å². The normalized spacial score (nSPS) is 20.8. The van der Waals surface area contributed by atoms with Crippen LogP contribution < -0.4 is 5.32 Å². The van der Waals surface area contributed by atoms with Gasteiger partial charge in [0.05, 0.1) is 19.3 Å². The molecule has 1 amide bonds. The van der Waals surface area contributed by atoms with Crippen molar-refractivity contribution in [3.05, 3.63) is 42.2 Å². The maximum atomic E-state index is 12.4. The molecule has 0 radical (unpaired) electrons. The number of hydrogen-bond donors (Lipinski definition) is 1. The van der Waals surface area contributed by atoms with Crippen LogP contribution in [-0.2, 0) is 4.74 Å². The van der Waals surface area contributed by atoms with E-state index in [1.165, 1.54) is 12.4 Å². The molecule has 2 aromatic rings. The Bertz CT molecular complexity index is 761. The number of rotatable bonds is 5. The molecular weight excluding hydrogens is 332 g/mol. The number of aryl methyl sites for hydroxylation is 1. The molecule has 0 saturated carbocycles. The minimum atomic E-state index is -0.215. The Kier molecular flexibility index (Phi) is 4.50. The Labute approximate surface area is 152 Å². The molecule has 8 nitrogen and oxygen atoms in total. The monoisotopic (exact) mass is 354 g/mol. The molecule has 1 unspecified atom stereocenters. The molecule has 1 atom stereocenters. The van der Waals surface area contributed by atoms with Crippen LogP contribution in [0.5, 0.6) is 0 Å². The second-order valence-corrected chi connectivity index (χ2v) is 6.95. The van der Waals surface area contributed by atoms with Gasteiger partial charge < -0.3 is 15.0 Å². The number of aromatic nitrogens is 4. The lowest BCUT2D eigenvalue weighted by Crippen LogP contribution is -2.66. The van der Waals surface area contributed by atoms with E-state index in [0.29, 0.717) is 30.6 Å². The quantitative estimate of drug-likeness (QED) is 0.865. The molecule has 2 aliphatic rings. The SMILES string of the molecule is Cc1cnc(NCCC2CCOC23CN(C(=O)c2cnccn2)C3)nc1. The van der Waals surface area contributed by atoms with Gasteiger partial charge in [-0.1, -0.05) is 0 Å². The summed E-state index contributed by atoms with van der Waals surface area (Å²) >= 11 is 0. The standard InChI is InChI=1S/C18H22N6O2/c1-13-8-22-17(23-9-13)21-4-2-14-3-7-26-18(14)11-24(12-18)16(25)15-10-19-5-6-20-15/h5-6,8-10,14H,2-4,7,11-12H2,1H3,(H,21,22,23). The molecule has 2 aliphatic heterocycles. The van der Waals surface area contributed by atoms with E-state index in [4.69, 9.17) is 4.74 Å². The van der Waals surface area contributed by atoms with Crippen LogP contribution in [0.2, 0.25) is 0 Å². The zero-order chi connectivity index (χ0) is 18.0. The van der Waals surface area contributed by atoms with Crippen LogP contribution in [-0.4, -0.2) is 62.6 Å². The van der Waals surface area contributed by atoms with Gasteiger partial charge in [0.15, 0.2) is 0 Å². The first-order chi connectivity index (χ1) is 12.7. The minimum Gasteiger partial charge on any atom is -0.371 e. The summed E-state index contributed by atoms with van der Waals surface area (Å²) in [5.41, 5.74) is 1.21. The lowest BCUT2D eigenvalue weighted by Gasteiger charge is -2.50. The van der Waals surface area contributed by atoms with Crippen molar-refractivity contribution in [2.24, 2.45) is 5.92 Å². The van der Waals surface area contributed by atoms with Crippen molar-refractivity contribution in [2.45, 2.75) is 25.4 Å². The van der Waals surface area contributed by atoms with Gasteiger partial charge in [-0.2, -0.15) is 0 Å². The number of carbonyl (C=O) groups excluding carboxylic acids is 1. The van der Waals surface area contributed by atoms with Gasteiger partial charge >= 0.3 is 0 Å². The van der Waals surface area contributed by atoms with Gasteiger partial charge in [-0.3, -0.25) is 9.78 Å². The third-order valence-electron chi connectivity index (χ3n) is 5.14. The summed E-state index contributed by atoms with van der Waals surface area (Å²) in [6.07, 6.45) is 10.2. The third-order valence-corrected chi connectivity index (χ3v) is 5.14. The summed E-state index contributed by atoms with van der Waals surface area (Å²) in [4.78, 5) is 30.8. The second kappa shape index (κ2) is 6.95. The highest BCUT2D eigenvalue weighted by Gasteiger charge is 2.54. The van der Waals surface area contributed by atoms with Crippen molar-refractivity contribution in [1.29, 1.82) is 0 Å². The maximum absolute atomic E-state index is 12.4. The third kappa shape index (κ3) is 3.24. The zero-order valence-electron chi connectivity index (χ0n) is 14.8. The largest absolute Gasteiger partial charge is 0.371 e. The van der Waals surface area contributed by atoms with E-state index in [-0.39, 0.29) is 11.5 Å². The zero-order valence-corrected chi connectivity index (χ0v) is 14.8. The first kappa shape index (κ1) is 16.8. The van der Waals surface area contributed by atoms with Crippen LogP contribution in [0.1, 0.15) is 28.9 Å². The number of hydrogen-bond acceptors (Lipinski definition) is 7. The van der Waals surface area contributed by atoms with Crippen LogP contribution in [0.3, 0.4) is 0 Å². The van der Waals surface area contributed by atoms with Crippen LogP contribution in [0, 0.1) is 12.8 Å². The molecule has 0 aromatic carbocycles. The Morgan fingerprint density at radius 3 is 2.81 bits per heavy atom. The summed E-state index contributed by atoms with van der Waals surface area (Å²) in [5, 5.41) is 3.27. The van der Waals surface area contributed by atoms with Gasteiger partial charge in [-0.05, 0) is 31.2 Å². The molecule has 2 aromatic heterocycles. The fraction of sp³-hybridized carbons (Fsp3) is 0.500. The van der Waals surface area contributed by atoms with Crippen molar-refractivity contribution < 1.29 is 9.53 Å². The number of anilines is 1. The second-order valence-electron chi connectivity index (χ2n) is 6.95. The Balaban J connectivity index is 1.30. The van der Waals surface area contributed by atoms with E-state index >= 15 is 0 Å². The highest BCUT2D eigenvalue weighted by atomic mass is 16.5. The van der Waals surface area contributed by atoms with E-state index in [1.54, 1.807) is 23.5 Å². The lowest BCUT2D eigenvalue weighted by atomic mass is 9.79. The molecule has 8 heteroatoms. The van der Waals surface area contributed by atoms with E-state index in [9.17, 15) is 4.79 Å². The van der Waals surface area contributed by atoms with Crippen molar-refractivity contribution in [3.8, 4) is 0 Å². The lowest BCUT2D eigenvalue weighted by molar-refractivity contribution is -0.117. The van der Waals surface area contributed by atoms with Gasteiger partial charge in [0.1, 0.15) is 11.3 Å². The van der Waals surface area contributed by atoms with Gasteiger partial charge in [0.25, 0.3) is 5.91 Å². The first-order valence-corrected chi connectivity index (χ1v) is 8.88. The fourth-order valence-corrected chi connectivity index (χ4v) is 3.70. The van der Waals surface area contributed by atoms with E-state index in [2.05, 4.69) is 25.3 Å². The average molecular weight is 354 g/mol. The van der Waals surface area contributed by atoms with E-state index in [0.717, 1.165) is 31.6 Å². The van der Waals surface area contributed by atoms with Crippen LogP contribution >= 0.6 is 0 Å². The Hall–Kier alpha value is -2.61. The Morgan fingerprint density at radius 1 is 1.27 bits per heavy atom. The van der Waals surface area contributed by atoms with E-state index < -0.39 is 0 Å². The van der Waals surface area contributed by atoms with Crippen LogP contribution in [0.25, 0.3) is 0 Å². The fourth-order valence-electron chi connectivity index (χ4n) is 3.70. The summed E-state index contributed by atoms with van der Waals surface area (Å²) in [6.45, 7) is 4.74. The Morgan fingerprint density at radius 2 is 2.08 bits per heavy atom. The molecular formula is C18H22N6O2. The number of ether oxygens (including phenoxy) is 1. The van der Waals surface area contributed by atoms with Crippen molar-refractivity contribution in [3.63, 3.8) is 0 Å². The smallest absolute Gasteiger partial charge is 0.274 e. The van der Waals surface area contributed by atoms with Gasteiger partial charge in [-0.15, -0.1) is 0 Å². The predicted molar refractivity (Wildman–Crippen MR) is 94.6 cm³/mol. The number of carbonyl (C=O) groups is 1. The van der Waals surface area contributed by atoms with Gasteiger partial charge in [-0.25, -0.2) is 15.0 Å². The molecule has 26 heavy (non-hydrogen) atoms. The molecule has 1 N–H and O–H groups in total. The molecule has 0 aliphatic carbocycles. The molecule has 2 fully saturated rings. The first-order valence-electron chi connectivity index (χ1n) is 8.88. The number of nitrogens with one attached hydrogen (secondary N) is 1.